The van der Waals surface area contributed by atoms with Gasteiger partial charge in [-0.25, -0.2) is 4.79 Å². The zero-order valence-electron chi connectivity index (χ0n) is 14.8. The van der Waals surface area contributed by atoms with Gasteiger partial charge >= 0.3 is 6.09 Å². The molecular formula is C17H32N2O4. The monoisotopic (exact) mass is 328 g/mol. The molecule has 2 saturated heterocycles. The molecule has 1 amide bonds. The van der Waals surface area contributed by atoms with Crippen molar-refractivity contribution in [2.75, 3.05) is 39.4 Å². The Morgan fingerprint density at radius 2 is 1.91 bits per heavy atom. The van der Waals surface area contributed by atoms with Gasteiger partial charge < -0.3 is 24.8 Å². The van der Waals surface area contributed by atoms with Gasteiger partial charge in [0.1, 0.15) is 5.60 Å². The Hall–Kier alpha value is -0.850. The molecule has 0 aromatic carbocycles. The molecule has 2 heterocycles. The Balaban J connectivity index is 1.68. The van der Waals surface area contributed by atoms with Crippen LogP contribution in [0.1, 0.15) is 46.5 Å². The van der Waals surface area contributed by atoms with E-state index in [0.29, 0.717) is 38.4 Å². The first-order valence-corrected chi connectivity index (χ1v) is 8.76. The Morgan fingerprint density at radius 3 is 2.48 bits per heavy atom. The van der Waals surface area contributed by atoms with Crippen LogP contribution in [0.5, 0.6) is 0 Å². The van der Waals surface area contributed by atoms with Crippen molar-refractivity contribution < 1.29 is 19.4 Å². The number of aliphatic hydroxyl groups is 1. The van der Waals surface area contributed by atoms with Crippen LogP contribution >= 0.6 is 0 Å². The van der Waals surface area contributed by atoms with Gasteiger partial charge in [0.2, 0.25) is 0 Å². The van der Waals surface area contributed by atoms with Crippen molar-refractivity contribution in [1.82, 2.24) is 10.2 Å². The van der Waals surface area contributed by atoms with Gasteiger partial charge in [-0.1, -0.05) is 0 Å². The summed E-state index contributed by atoms with van der Waals surface area (Å²) < 4.78 is 10.7. The number of nitrogens with zero attached hydrogens (tertiary/aromatic N) is 1. The second-order valence-electron chi connectivity index (χ2n) is 7.88. The number of hydrogen-bond donors (Lipinski definition) is 2. The van der Waals surface area contributed by atoms with E-state index in [2.05, 4.69) is 5.32 Å². The third-order valence-corrected chi connectivity index (χ3v) is 4.57. The fourth-order valence-electron chi connectivity index (χ4n) is 3.07. The van der Waals surface area contributed by atoms with Gasteiger partial charge in [0.15, 0.2) is 0 Å². The summed E-state index contributed by atoms with van der Waals surface area (Å²) in [5, 5.41) is 14.1. The molecular weight excluding hydrogens is 296 g/mol. The average Bonchev–Trinajstić information content (AvgIpc) is 2.47. The molecule has 0 spiro atoms. The van der Waals surface area contributed by atoms with Gasteiger partial charge in [0.25, 0.3) is 0 Å². The van der Waals surface area contributed by atoms with Crippen molar-refractivity contribution in [1.29, 1.82) is 0 Å². The molecule has 2 aliphatic heterocycles. The van der Waals surface area contributed by atoms with Gasteiger partial charge in [-0.15, -0.1) is 0 Å². The highest BCUT2D eigenvalue weighted by atomic mass is 16.6. The Bertz CT molecular complexity index is 381. The van der Waals surface area contributed by atoms with E-state index < -0.39 is 11.2 Å². The van der Waals surface area contributed by atoms with Crippen LogP contribution in [-0.4, -0.2) is 66.7 Å². The Morgan fingerprint density at radius 1 is 1.30 bits per heavy atom. The van der Waals surface area contributed by atoms with Crippen LogP contribution in [0.2, 0.25) is 0 Å². The quantitative estimate of drug-likeness (QED) is 0.823. The van der Waals surface area contributed by atoms with E-state index in [1.165, 1.54) is 0 Å². The summed E-state index contributed by atoms with van der Waals surface area (Å²) in [5.74, 6) is 0.647. The highest BCUT2D eigenvalue weighted by Gasteiger charge is 2.35. The maximum absolute atomic E-state index is 12.0. The molecule has 6 nitrogen and oxygen atoms in total. The second kappa shape index (κ2) is 7.81. The van der Waals surface area contributed by atoms with Crippen molar-refractivity contribution in [3.8, 4) is 0 Å². The van der Waals surface area contributed by atoms with Crippen LogP contribution in [0, 0.1) is 5.92 Å². The molecule has 2 rings (SSSR count). The highest BCUT2D eigenvalue weighted by molar-refractivity contribution is 5.68. The lowest BCUT2D eigenvalue weighted by atomic mass is 9.91. The lowest BCUT2D eigenvalue weighted by molar-refractivity contribution is -0.0318. The second-order valence-corrected chi connectivity index (χ2v) is 7.88. The number of nitrogens with one attached hydrogen (secondary N) is 1. The zero-order valence-corrected chi connectivity index (χ0v) is 14.8. The van der Waals surface area contributed by atoms with Gasteiger partial charge in [-0.3, -0.25) is 0 Å². The summed E-state index contributed by atoms with van der Waals surface area (Å²) in [5.41, 5.74) is -1.19. The molecule has 0 saturated carbocycles. The van der Waals surface area contributed by atoms with Crippen LogP contribution in [0.4, 0.5) is 4.79 Å². The number of carbonyl (C=O) groups excluding carboxylic acids is 1. The smallest absolute Gasteiger partial charge is 0.410 e. The van der Waals surface area contributed by atoms with E-state index in [1.807, 2.05) is 20.8 Å². The summed E-state index contributed by atoms with van der Waals surface area (Å²) in [6.07, 6.45) is 3.09. The lowest BCUT2D eigenvalue weighted by Gasteiger charge is -2.39. The van der Waals surface area contributed by atoms with Gasteiger partial charge in [-0.05, 0) is 58.9 Å². The number of piperidine rings is 1. The molecule has 134 valence electrons. The topological polar surface area (TPSA) is 71.0 Å². The molecule has 2 fully saturated rings. The van der Waals surface area contributed by atoms with Crippen molar-refractivity contribution in [2.45, 2.75) is 57.7 Å². The van der Waals surface area contributed by atoms with E-state index in [0.717, 1.165) is 32.6 Å². The molecule has 0 aromatic rings. The van der Waals surface area contributed by atoms with Crippen molar-refractivity contribution in [2.24, 2.45) is 5.92 Å². The normalized spacial score (nSPS) is 22.9. The molecule has 23 heavy (non-hydrogen) atoms. The third kappa shape index (κ3) is 6.28. The molecule has 0 aromatic heterocycles. The SMILES string of the molecule is CC(C)(C)OC(=O)N1CCC(O)(CNCC2CCOCC2)CC1. The van der Waals surface area contributed by atoms with E-state index in [9.17, 15) is 9.90 Å². The lowest BCUT2D eigenvalue weighted by Crippen LogP contribution is -2.52. The van der Waals surface area contributed by atoms with Crippen molar-refractivity contribution in [3.05, 3.63) is 0 Å². The fourth-order valence-corrected chi connectivity index (χ4v) is 3.07. The molecule has 0 atom stereocenters. The van der Waals surface area contributed by atoms with Crippen molar-refractivity contribution in [3.63, 3.8) is 0 Å². The summed E-state index contributed by atoms with van der Waals surface area (Å²) in [6, 6.07) is 0. The van der Waals surface area contributed by atoms with Crippen molar-refractivity contribution >= 4 is 6.09 Å². The number of ether oxygens (including phenoxy) is 2. The maximum Gasteiger partial charge on any atom is 0.410 e. The van der Waals surface area contributed by atoms with Crippen LogP contribution in [0.25, 0.3) is 0 Å². The summed E-state index contributed by atoms with van der Waals surface area (Å²) in [4.78, 5) is 13.7. The van der Waals surface area contributed by atoms with E-state index in [1.54, 1.807) is 4.90 Å². The minimum atomic E-state index is -0.719. The minimum absolute atomic E-state index is 0.283. The first-order valence-electron chi connectivity index (χ1n) is 8.76. The first kappa shape index (κ1) is 18.5. The predicted octanol–water partition coefficient (Wildman–Crippen LogP) is 1.76. The summed E-state index contributed by atoms with van der Waals surface area (Å²) >= 11 is 0. The molecule has 2 N–H and O–H groups in total. The standard InChI is InChI=1S/C17H32N2O4/c1-16(2,3)23-15(20)19-8-6-17(21,7-9-19)13-18-12-14-4-10-22-11-5-14/h14,18,21H,4-13H2,1-3H3. The fraction of sp³-hybridized carbons (Fsp3) is 0.941. The Kier molecular flexibility index (Phi) is 6.28. The molecule has 2 aliphatic rings. The molecule has 6 heteroatoms. The average molecular weight is 328 g/mol. The van der Waals surface area contributed by atoms with Crippen LogP contribution in [0.15, 0.2) is 0 Å². The first-order chi connectivity index (χ1) is 10.8. The number of hydrogen-bond acceptors (Lipinski definition) is 5. The summed E-state index contributed by atoms with van der Waals surface area (Å²) in [7, 11) is 0. The number of carbonyl (C=O) groups is 1. The maximum atomic E-state index is 12.0. The van der Waals surface area contributed by atoms with E-state index in [-0.39, 0.29) is 6.09 Å². The third-order valence-electron chi connectivity index (χ3n) is 4.57. The van der Waals surface area contributed by atoms with Gasteiger partial charge in [-0.2, -0.15) is 0 Å². The minimum Gasteiger partial charge on any atom is -0.444 e. The largest absolute Gasteiger partial charge is 0.444 e. The highest BCUT2D eigenvalue weighted by Crippen LogP contribution is 2.23. The number of likely N-dealkylation sites (tertiary alicyclic amines) is 1. The molecule has 0 radical (unpaired) electrons. The van der Waals surface area contributed by atoms with E-state index >= 15 is 0 Å². The Labute approximate surface area is 139 Å². The predicted molar refractivity (Wildman–Crippen MR) is 88.4 cm³/mol. The molecule has 0 aliphatic carbocycles. The van der Waals surface area contributed by atoms with Crippen LogP contribution in [0.3, 0.4) is 0 Å². The van der Waals surface area contributed by atoms with Gasteiger partial charge in [0, 0.05) is 32.8 Å². The zero-order chi connectivity index (χ0) is 16.9. The van der Waals surface area contributed by atoms with Crippen LogP contribution in [-0.2, 0) is 9.47 Å². The molecule has 0 bridgehead atoms. The van der Waals surface area contributed by atoms with Gasteiger partial charge in [0.05, 0.1) is 5.60 Å². The number of rotatable bonds is 4. The molecule has 0 unspecified atom stereocenters. The summed E-state index contributed by atoms with van der Waals surface area (Å²) in [6.45, 7) is 9.91. The number of amides is 1. The van der Waals surface area contributed by atoms with E-state index in [4.69, 9.17) is 9.47 Å². The van der Waals surface area contributed by atoms with Crippen LogP contribution < -0.4 is 5.32 Å².